The molecule has 0 spiro atoms. The monoisotopic (exact) mass is 270 g/mol. The topological polar surface area (TPSA) is 75.2 Å². The Kier molecular flexibility index (Phi) is 5.70. The molecule has 1 aromatic heterocycles. The average molecular weight is 270 g/mol. The normalized spacial score (nSPS) is 11.9. The molecule has 0 aliphatic carbocycles. The first-order valence-electron chi connectivity index (χ1n) is 5.86. The standard InChI is InChI=1S/C11H18N4O2S/c1-4-8(2)11(17)15(3)6-5-12-10(16)9-7-13-14-18-9/h7-8H,4-6H2,1-3H3,(H,12,16). The summed E-state index contributed by atoms with van der Waals surface area (Å²) in [5.41, 5.74) is 0. The highest BCUT2D eigenvalue weighted by Gasteiger charge is 2.15. The predicted molar refractivity (Wildman–Crippen MR) is 69.3 cm³/mol. The number of carbonyl (C=O) groups excluding carboxylic acids is 2. The molecule has 1 N–H and O–H groups in total. The molecule has 7 heteroatoms. The van der Waals surface area contributed by atoms with Crippen LogP contribution in [0, 0.1) is 5.92 Å². The molecule has 0 saturated carbocycles. The van der Waals surface area contributed by atoms with Gasteiger partial charge < -0.3 is 10.2 Å². The van der Waals surface area contributed by atoms with Crippen LogP contribution in [0.5, 0.6) is 0 Å². The van der Waals surface area contributed by atoms with Gasteiger partial charge in [-0.1, -0.05) is 18.3 Å². The van der Waals surface area contributed by atoms with E-state index < -0.39 is 0 Å². The lowest BCUT2D eigenvalue weighted by Gasteiger charge is -2.20. The van der Waals surface area contributed by atoms with Crippen molar-refractivity contribution in [2.75, 3.05) is 20.1 Å². The number of nitrogens with one attached hydrogen (secondary N) is 1. The fourth-order valence-corrected chi connectivity index (χ4v) is 1.78. The summed E-state index contributed by atoms with van der Waals surface area (Å²) >= 11 is 1.05. The Morgan fingerprint density at radius 3 is 2.83 bits per heavy atom. The van der Waals surface area contributed by atoms with Crippen molar-refractivity contribution in [3.05, 3.63) is 11.1 Å². The fraction of sp³-hybridized carbons (Fsp3) is 0.636. The van der Waals surface area contributed by atoms with Gasteiger partial charge >= 0.3 is 0 Å². The van der Waals surface area contributed by atoms with Gasteiger partial charge in [0.1, 0.15) is 4.88 Å². The first-order chi connectivity index (χ1) is 8.56. The highest BCUT2D eigenvalue weighted by molar-refractivity contribution is 7.07. The van der Waals surface area contributed by atoms with Crippen molar-refractivity contribution in [2.45, 2.75) is 20.3 Å². The first-order valence-corrected chi connectivity index (χ1v) is 6.64. The number of nitrogens with zero attached hydrogens (tertiary/aromatic N) is 3. The summed E-state index contributed by atoms with van der Waals surface area (Å²) in [5.74, 6) is -0.0722. The van der Waals surface area contributed by atoms with E-state index in [0.717, 1.165) is 18.0 Å². The van der Waals surface area contributed by atoms with Gasteiger partial charge in [-0.2, -0.15) is 0 Å². The van der Waals surface area contributed by atoms with E-state index in [9.17, 15) is 9.59 Å². The van der Waals surface area contributed by atoms with E-state index in [-0.39, 0.29) is 17.7 Å². The van der Waals surface area contributed by atoms with E-state index in [4.69, 9.17) is 0 Å². The maximum atomic E-state index is 11.8. The Labute approximate surface area is 111 Å². The minimum atomic E-state index is -0.200. The third-order valence-corrected chi connectivity index (χ3v) is 3.39. The molecule has 0 aliphatic heterocycles. The zero-order valence-electron chi connectivity index (χ0n) is 10.8. The Morgan fingerprint density at radius 2 is 2.28 bits per heavy atom. The van der Waals surface area contributed by atoms with Crippen LogP contribution in [-0.2, 0) is 4.79 Å². The maximum absolute atomic E-state index is 11.8. The van der Waals surface area contributed by atoms with Crippen molar-refractivity contribution < 1.29 is 9.59 Å². The molecule has 6 nitrogen and oxygen atoms in total. The van der Waals surface area contributed by atoms with Crippen LogP contribution in [0.25, 0.3) is 0 Å². The summed E-state index contributed by atoms with van der Waals surface area (Å²) in [6.45, 7) is 4.81. The molecular formula is C11H18N4O2S. The Balaban J connectivity index is 2.29. The Morgan fingerprint density at radius 1 is 1.56 bits per heavy atom. The van der Waals surface area contributed by atoms with Gasteiger partial charge in [0, 0.05) is 26.1 Å². The van der Waals surface area contributed by atoms with E-state index in [1.54, 1.807) is 11.9 Å². The zero-order chi connectivity index (χ0) is 13.5. The van der Waals surface area contributed by atoms with Gasteiger partial charge in [0.15, 0.2) is 0 Å². The first kappa shape index (κ1) is 14.6. The lowest BCUT2D eigenvalue weighted by molar-refractivity contribution is -0.133. The summed E-state index contributed by atoms with van der Waals surface area (Å²) in [7, 11) is 1.74. The molecule has 1 aromatic rings. The smallest absolute Gasteiger partial charge is 0.264 e. The minimum Gasteiger partial charge on any atom is -0.349 e. The van der Waals surface area contributed by atoms with E-state index in [1.807, 2.05) is 13.8 Å². The number of carbonyl (C=O) groups is 2. The van der Waals surface area contributed by atoms with Crippen molar-refractivity contribution in [1.29, 1.82) is 0 Å². The summed E-state index contributed by atoms with van der Waals surface area (Å²) in [6, 6.07) is 0. The van der Waals surface area contributed by atoms with Gasteiger partial charge in [-0.3, -0.25) is 9.59 Å². The molecule has 0 fully saturated rings. The van der Waals surface area contributed by atoms with Crippen molar-refractivity contribution >= 4 is 23.3 Å². The van der Waals surface area contributed by atoms with Crippen LogP contribution in [0.1, 0.15) is 29.9 Å². The van der Waals surface area contributed by atoms with Crippen LogP contribution in [-0.4, -0.2) is 46.4 Å². The molecule has 1 atom stereocenters. The molecule has 2 amide bonds. The number of hydrogen-bond donors (Lipinski definition) is 1. The number of amides is 2. The molecule has 1 heterocycles. The average Bonchev–Trinajstić information content (AvgIpc) is 2.90. The molecule has 0 saturated heterocycles. The second-order valence-electron chi connectivity index (χ2n) is 4.11. The molecule has 1 rings (SSSR count). The summed E-state index contributed by atoms with van der Waals surface area (Å²) in [4.78, 5) is 25.5. The van der Waals surface area contributed by atoms with Crippen LogP contribution in [0.3, 0.4) is 0 Å². The van der Waals surface area contributed by atoms with E-state index in [1.165, 1.54) is 6.20 Å². The molecule has 0 bridgehead atoms. The van der Waals surface area contributed by atoms with E-state index in [0.29, 0.717) is 18.0 Å². The van der Waals surface area contributed by atoms with E-state index in [2.05, 4.69) is 14.9 Å². The SMILES string of the molecule is CCC(C)C(=O)N(C)CCNC(=O)c1cnns1. The quantitative estimate of drug-likeness (QED) is 0.828. The van der Waals surface area contributed by atoms with Crippen molar-refractivity contribution in [3.63, 3.8) is 0 Å². The lowest BCUT2D eigenvalue weighted by atomic mass is 10.1. The van der Waals surface area contributed by atoms with Gasteiger partial charge in [0.25, 0.3) is 5.91 Å². The second kappa shape index (κ2) is 7.05. The van der Waals surface area contributed by atoms with Crippen molar-refractivity contribution in [1.82, 2.24) is 19.8 Å². The highest BCUT2D eigenvalue weighted by atomic mass is 32.1. The number of rotatable bonds is 6. The third-order valence-electron chi connectivity index (χ3n) is 2.73. The second-order valence-corrected chi connectivity index (χ2v) is 4.89. The Bertz CT molecular complexity index is 394. The van der Waals surface area contributed by atoms with Gasteiger partial charge in [-0.05, 0) is 18.0 Å². The molecule has 1 unspecified atom stereocenters. The zero-order valence-corrected chi connectivity index (χ0v) is 11.7. The van der Waals surface area contributed by atoms with Crippen LogP contribution in [0.15, 0.2) is 6.20 Å². The largest absolute Gasteiger partial charge is 0.349 e. The van der Waals surface area contributed by atoms with Gasteiger partial charge in [0.2, 0.25) is 5.91 Å². The third kappa shape index (κ3) is 4.06. The van der Waals surface area contributed by atoms with E-state index >= 15 is 0 Å². The van der Waals surface area contributed by atoms with Crippen molar-refractivity contribution in [3.8, 4) is 0 Å². The van der Waals surface area contributed by atoms with Gasteiger partial charge in [0.05, 0.1) is 6.20 Å². The molecule has 0 radical (unpaired) electrons. The van der Waals surface area contributed by atoms with Crippen molar-refractivity contribution in [2.24, 2.45) is 5.92 Å². The number of hydrogen-bond acceptors (Lipinski definition) is 5. The molecule has 100 valence electrons. The van der Waals surface area contributed by atoms with Gasteiger partial charge in [-0.25, -0.2) is 0 Å². The van der Waals surface area contributed by atoms with Crippen LogP contribution < -0.4 is 5.32 Å². The highest BCUT2D eigenvalue weighted by Crippen LogP contribution is 2.04. The lowest BCUT2D eigenvalue weighted by Crippen LogP contribution is -2.38. The Hall–Kier alpha value is -1.50. The van der Waals surface area contributed by atoms with Crippen LogP contribution in [0.4, 0.5) is 0 Å². The summed E-state index contributed by atoms with van der Waals surface area (Å²) in [6.07, 6.45) is 2.25. The maximum Gasteiger partial charge on any atom is 0.264 e. The molecular weight excluding hydrogens is 252 g/mol. The van der Waals surface area contributed by atoms with Gasteiger partial charge in [-0.15, -0.1) is 5.10 Å². The molecule has 0 aromatic carbocycles. The number of likely N-dealkylation sites (N-methyl/N-ethyl adjacent to an activating group) is 1. The summed E-state index contributed by atoms with van der Waals surface area (Å²) in [5, 5.41) is 6.32. The molecule has 0 aliphatic rings. The molecule has 18 heavy (non-hydrogen) atoms. The minimum absolute atomic E-state index is 0.0244. The van der Waals surface area contributed by atoms with Crippen LogP contribution >= 0.6 is 11.5 Å². The fourth-order valence-electron chi connectivity index (χ4n) is 1.35. The van der Waals surface area contributed by atoms with Crippen LogP contribution in [0.2, 0.25) is 0 Å². The number of aromatic nitrogens is 2. The summed E-state index contributed by atoms with van der Waals surface area (Å²) < 4.78 is 3.62. The predicted octanol–water partition coefficient (Wildman–Crippen LogP) is 0.772.